The molecule has 3 nitrogen and oxygen atoms in total. The van der Waals surface area contributed by atoms with Gasteiger partial charge in [-0.15, -0.1) is 0 Å². The van der Waals surface area contributed by atoms with Crippen molar-refractivity contribution in [1.82, 2.24) is 0 Å². The van der Waals surface area contributed by atoms with Gasteiger partial charge in [-0.1, -0.05) is 31.5 Å². The maximum Gasteiger partial charge on any atom is 0.329 e. The number of rotatable bonds is 5. The summed E-state index contributed by atoms with van der Waals surface area (Å²) in [5.74, 6) is -0.485. The van der Waals surface area contributed by atoms with E-state index in [2.05, 4.69) is 5.32 Å². The second-order valence-corrected chi connectivity index (χ2v) is 5.23. The Hall–Kier alpha value is -1.51. The molecule has 0 heterocycles. The van der Waals surface area contributed by atoms with Gasteiger partial charge < -0.3 is 10.4 Å². The van der Waals surface area contributed by atoms with Gasteiger partial charge in [0.05, 0.1) is 0 Å². The van der Waals surface area contributed by atoms with E-state index in [0.717, 1.165) is 11.3 Å². The SMILES string of the molecule is Cc1ccc(NC(C)(CC(C)C)C(=O)O)cc1. The fourth-order valence-electron chi connectivity index (χ4n) is 1.96. The van der Waals surface area contributed by atoms with Crippen molar-refractivity contribution in [3.63, 3.8) is 0 Å². The van der Waals surface area contributed by atoms with Crippen LogP contribution in [-0.2, 0) is 4.79 Å². The first-order valence-electron chi connectivity index (χ1n) is 5.92. The predicted octanol–water partition coefficient (Wildman–Crippen LogP) is 3.30. The van der Waals surface area contributed by atoms with E-state index in [1.807, 2.05) is 45.0 Å². The van der Waals surface area contributed by atoms with Crippen LogP contribution in [0.3, 0.4) is 0 Å². The molecule has 2 N–H and O–H groups in total. The summed E-state index contributed by atoms with van der Waals surface area (Å²) in [4.78, 5) is 11.4. The Kier molecular flexibility index (Phi) is 4.16. The van der Waals surface area contributed by atoms with E-state index < -0.39 is 11.5 Å². The second-order valence-electron chi connectivity index (χ2n) is 5.23. The highest BCUT2D eigenvalue weighted by Gasteiger charge is 2.33. The van der Waals surface area contributed by atoms with Gasteiger partial charge in [0.2, 0.25) is 0 Å². The number of aliphatic carboxylic acids is 1. The van der Waals surface area contributed by atoms with Crippen LogP contribution in [0.25, 0.3) is 0 Å². The average Bonchev–Trinajstić information content (AvgIpc) is 2.20. The summed E-state index contributed by atoms with van der Waals surface area (Å²) in [5.41, 5.74) is 1.10. The molecule has 0 amide bonds. The Morgan fingerprint density at radius 3 is 2.29 bits per heavy atom. The molecule has 1 aromatic carbocycles. The highest BCUT2D eigenvalue weighted by atomic mass is 16.4. The molecule has 0 saturated heterocycles. The molecule has 0 aliphatic rings. The number of anilines is 1. The molecule has 1 unspecified atom stereocenters. The minimum Gasteiger partial charge on any atom is -0.480 e. The van der Waals surface area contributed by atoms with Crippen molar-refractivity contribution < 1.29 is 9.90 Å². The molecule has 0 aromatic heterocycles. The lowest BCUT2D eigenvalue weighted by atomic mass is 9.90. The van der Waals surface area contributed by atoms with Crippen LogP contribution < -0.4 is 5.32 Å². The lowest BCUT2D eigenvalue weighted by Gasteiger charge is -2.29. The van der Waals surface area contributed by atoms with Gasteiger partial charge in [-0.05, 0) is 38.3 Å². The zero-order valence-corrected chi connectivity index (χ0v) is 10.9. The Morgan fingerprint density at radius 1 is 1.35 bits per heavy atom. The van der Waals surface area contributed by atoms with E-state index in [0.29, 0.717) is 12.3 Å². The van der Waals surface area contributed by atoms with E-state index in [1.54, 1.807) is 6.92 Å². The van der Waals surface area contributed by atoms with E-state index in [1.165, 1.54) is 0 Å². The number of hydrogen-bond donors (Lipinski definition) is 2. The molecule has 0 fully saturated rings. The second kappa shape index (κ2) is 5.21. The summed E-state index contributed by atoms with van der Waals surface area (Å²) >= 11 is 0. The van der Waals surface area contributed by atoms with Crippen LogP contribution in [0.2, 0.25) is 0 Å². The number of benzene rings is 1. The maximum atomic E-state index is 11.4. The van der Waals surface area contributed by atoms with Crippen LogP contribution in [0.5, 0.6) is 0 Å². The monoisotopic (exact) mass is 235 g/mol. The van der Waals surface area contributed by atoms with Crippen molar-refractivity contribution in [3.05, 3.63) is 29.8 Å². The molecule has 3 heteroatoms. The number of carboxylic acids is 1. The molecule has 0 spiro atoms. The number of hydrogen-bond acceptors (Lipinski definition) is 2. The normalized spacial score (nSPS) is 14.4. The summed E-state index contributed by atoms with van der Waals surface area (Å²) in [5, 5.41) is 12.4. The summed E-state index contributed by atoms with van der Waals surface area (Å²) in [6.07, 6.45) is 0.593. The van der Waals surface area contributed by atoms with Crippen molar-refractivity contribution in [1.29, 1.82) is 0 Å². The fraction of sp³-hybridized carbons (Fsp3) is 0.500. The average molecular weight is 235 g/mol. The Morgan fingerprint density at radius 2 is 1.88 bits per heavy atom. The number of nitrogens with one attached hydrogen (secondary N) is 1. The maximum absolute atomic E-state index is 11.4. The van der Waals surface area contributed by atoms with Gasteiger partial charge in [0.1, 0.15) is 5.54 Å². The van der Waals surface area contributed by atoms with Gasteiger partial charge in [0.25, 0.3) is 0 Å². The van der Waals surface area contributed by atoms with Gasteiger partial charge >= 0.3 is 5.97 Å². The Bertz CT molecular complexity index is 384. The highest BCUT2D eigenvalue weighted by molar-refractivity contribution is 5.82. The predicted molar refractivity (Wildman–Crippen MR) is 70.3 cm³/mol. The Balaban J connectivity index is 2.86. The van der Waals surface area contributed by atoms with Gasteiger partial charge in [-0.3, -0.25) is 0 Å². The molecule has 0 saturated carbocycles. The molecule has 1 rings (SSSR count). The highest BCUT2D eigenvalue weighted by Crippen LogP contribution is 2.23. The number of carbonyl (C=O) groups is 1. The van der Waals surface area contributed by atoms with Crippen LogP contribution in [0.1, 0.15) is 32.8 Å². The molecule has 1 aromatic rings. The zero-order valence-electron chi connectivity index (χ0n) is 10.9. The Labute approximate surface area is 103 Å². The van der Waals surface area contributed by atoms with Gasteiger partial charge in [-0.25, -0.2) is 4.79 Å². The minimum absolute atomic E-state index is 0.328. The fourth-order valence-corrected chi connectivity index (χ4v) is 1.96. The van der Waals surface area contributed by atoms with E-state index in [4.69, 9.17) is 0 Å². The van der Waals surface area contributed by atoms with Crippen LogP contribution in [-0.4, -0.2) is 16.6 Å². The zero-order chi connectivity index (χ0) is 13.1. The minimum atomic E-state index is -0.913. The van der Waals surface area contributed by atoms with E-state index >= 15 is 0 Å². The van der Waals surface area contributed by atoms with Gasteiger partial charge in [-0.2, -0.15) is 0 Å². The topological polar surface area (TPSA) is 49.3 Å². The third-order valence-corrected chi connectivity index (χ3v) is 2.76. The molecule has 17 heavy (non-hydrogen) atoms. The van der Waals surface area contributed by atoms with Gasteiger partial charge in [0.15, 0.2) is 0 Å². The van der Waals surface area contributed by atoms with Crippen LogP contribution in [0, 0.1) is 12.8 Å². The van der Waals surface area contributed by atoms with Crippen molar-refractivity contribution in [3.8, 4) is 0 Å². The summed E-state index contributed by atoms with van der Waals surface area (Å²) < 4.78 is 0. The first kappa shape index (κ1) is 13.6. The molecular weight excluding hydrogens is 214 g/mol. The molecule has 94 valence electrons. The first-order chi connectivity index (χ1) is 7.83. The third kappa shape index (κ3) is 3.77. The van der Waals surface area contributed by atoms with E-state index in [-0.39, 0.29) is 0 Å². The quantitative estimate of drug-likeness (QED) is 0.823. The molecule has 0 aliphatic heterocycles. The van der Waals surface area contributed by atoms with Crippen molar-refractivity contribution in [2.24, 2.45) is 5.92 Å². The third-order valence-electron chi connectivity index (χ3n) is 2.76. The molecular formula is C14H21NO2. The number of aryl methyl sites for hydroxylation is 1. The van der Waals surface area contributed by atoms with Crippen LogP contribution in [0.4, 0.5) is 5.69 Å². The van der Waals surface area contributed by atoms with Crippen molar-refractivity contribution in [2.45, 2.75) is 39.7 Å². The van der Waals surface area contributed by atoms with E-state index in [9.17, 15) is 9.90 Å². The molecule has 0 radical (unpaired) electrons. The van der Waals surface area contributed by atoms with Crippen LogP contribution >= 0.6 is 0 Å². The number of carboxylic acid groups (broad SMARTS) is 1. The lowest BCUT2D eigenvalue weighted by molar-refractivity contribution is -0.142. The molecule has 1 atom stereocenters. The first-order valence-corrected chi connectivity index (χ1v) is 5.92. The smallest absolute Gasteiger partial charge is 0.329 e. The van der Waals surface area contributed by atoms with Crippen LogP contribution in [0.15, 0.2) is 24.3 Å². The largest absolute Gasteiger partial charge is 0.480 e. The van der Waals surface area contributed by atoms with Crippen molar-refractivity contribution >= 4 is 11.7 Å². The summed E-state index contributed by atoms with van der Waals surface area (Å²) in [7, 11) is 0. The molecule has 0 bridgehead atoms. The summed E-state index contributed by atoms with van der Waals surface area (Å²) in [6, 6.07) is 7.77. The van der Waals surface area contributed by atoms with Crippen molar-refractivity contribution in [2.75, 3.05) is 5.32 Å². The van der Waals surface area contributed by atoms with Gasteiger partial charge in [0, 0.05) is 5.69 Å². The standard InChI is InChI=1S/C14H21NO2/c1-10(2)9-14(4,13(16)17)15-12-7-5-11(3)6-8-12/h5-8,10,15H,9H2,1-4H3,(H,16,17). The summed E-state index contributed by atoms with van der Waals surface area (Å²) in [6.45, 7) is 7.79. The lowest BCUT2D eigenvalue weighted by Crippen LogP contribution is -2.44. The molecule has 0 aliphatic carbocycles.